The number of nitrogens with one attached hydrogen (secondary N) is 1. The van der Waals surface area contributed by atoms with Crippen LogP contribution in [0.15, 0.2) is 18.2 Å². The Kier molecular flexibility index (Phi) is 1.78. The minimum absolute atomic E-state index is 0.752. The van der Waals surface area contributed by atoms with Crippen molar-refractivity contribution in [3.63, 3.8) is 0 Å². The van der Waals surface area contributed by atoms with Gasteiger partial charge in [0, 0.05) is 11.1 Å². The maximum atomic E-state index is 9.02. The molecule has 0 aliphatic heterocycles. The van der Waals surface area contributed by atoms with E-state index in [-0.39, 0.29) is 0 Å². The summed E-state index contributed by atoms with van der Waals surface area (Å²) in [5, 5.41) is 10.2. The van der Waals surface area contributed by atoms with E-state index >= 15 is 0 Å². The number of hydrogen-bond donors (Lipinski definition) is 1. The summed E-state index contributed by atoms with van der Waals surface area (Å²) in [4.78, 5) is 3.39. The fourth-order valence-corrected chi connectivity index (χ4v) is 2.36. The van der Waals surface area contributed by atoms with Crippen molar-refractivity contribution in [2.75, 3.05) is 0 Å². The molecule has 1 aromatic heterocycles. The van der Waals surface area contributed by atoms with Crippen LogP contribution in [0.5, 0.6) is 0 Å². The van der Waals surface area contributed by atoms with E-state index < -0.39 is 0 Å². The molecule has 1 radical (unpaired) electrons. The summed E-state index contributed by atoms with van der Waals surface area (Å²) in [5.74, 6) is 0. The number of fused-ring (bicyclic) bond motifs is 3. The number of rotatable bonds is 0. The van der Waals surface area contributed by atoms with Crippen molar-refractivity contribution in [3.8, 4) is 6.07 Å². The van der Waals surface area contributed by atoms with Gasteiger partial charge in [-0.2, -0.15) is 5.26 Å². The van der Waals surface area contributed by atoms with E-state index in [0.29, 0.717) is 0 Å². The number of aryl methyl sites for hydroxylation is 1. The molecule has 1 aromatic carbocycles. The number of nitrogens with zero attached hydrogens (tertiary/aromatic N) is 1. The molecule has 1 aliphatic rings. The van der Waals surface area contributed by atoms with Gasteiger partial charge in [0.05, 0.1) is 11.1 Å². The van der Waals surface area contributed by atoms with Crippen LogP contribution < -0.4 is 0 Å². The van der Waals surface area contributed by atoms with Gasteiger partial charge < -0.3 is 4.98 Å². The Labute approximate surface area is 88.5 Å². The largest absolute Gasteiger partial charge is 0.357 e. The molecule has 3 rings (SSSR count). The van der Waals surface area contributed by atoms with Crippen LogP contribution in [0.1, 0.15) is 23.2 Å². The summed E-state index contributed by atoms with van der Waals surface area (Å²) in [7, 11) is 0. The average molecular weight is 195 g/mol. The van der Waals surface area contributed by atoms with Gasteiger partial charge in [0.1, 0.15) is 6.07 Å². The van der Waals surface area contributed by atoms with Crippen molar-refractivity contribution in [3.05, 3.63) is 41.4 Å². The molecule has 0 amide bonds. The summed E-state index contributed by atoms with van der Waals surface area (Å²) in [6.45, 7) is 0. The highest BCUT2D eigenvalue weighted by atomic mass is 14.7. The van der Waals surface area contributed by atoms with Gasteiger partial charge in [-0.3, -0.25) is 0 Å². The fourth-order valence-electron chi connectivity index (χ4n) is 2.36. The van der Waals surface area contributed by atoms with Crippen LogP contribution in [0.3, 0.4) is 0 Å². The highest BCUT2D eigenvalue weighted by Gasteiger charge is 2.16. The molecule has 2 aromatic rings. The van der Waals surface area contributed by atoms with Crippen LogP contribution in [0.25, 0.3) is 10.9 Å². The molecular weight excluding hydrogens is 184 g/mol. The Hall–Kier alpha value is -1.75. The molecule has 15 heavy (non-hydrogen) atoms. The standard InChI is InChI=1S/C13H11N2/c14-8-9-4-3-6-11-10-5-1-2-7-12(10)15-13(9)11/h1,3-4,6,15H,2,5,7H2. The zero-order chi connectivity index (χ0) is 10.3. The Morgan fingerprint density at radius 3 is 3.13 bits per heavy atom. The predicted molar refractivity (Wildman–Crippen MR) is 59.3 cm³/mol. The lowest BCUT2D eigenvalue weighted by molar-refractivity contribution is 0.816. The van der Waals surface area contributed by atoms with Gasteiger partial charge >= 0.3 is 0 Å². The van der Waals surface area contributed by atoms with Crippen molar-refractivity contribution < 1.29 is 0 Å². The first-order valence-corrected chi connectivity index (χ1v) is 5.24. The number of aromatic nitrogens is 1. The fraction of sp³-hybridized carbons (Fsp3) is 0.231. The Bertz CT molecular complexity index is 558. The molecule has 0 spiro atoms. The van der Waals surface area contributed by atoms with Gasteiger partial charge in [0.25, 0.3) is 0 Å². The molecular formula is C13H11N2. The molecule has 1 heterocycles. The Morgan fingerprint density at radius 1 is 1.33 bits per heavy atom. The topological polar surface area (TPSA) is 39.6 Å². The smallest absolute Gasteiger partial charge is 0.101 e. The lowest BCUT2D eigenvalue weighted by atomic mass is 9.95. The zero-order valence-corrected chi connectivity index (χ0v) is 8.38. The second-order valence-corrected chi connectivity index (χ2v) is 3.95. The maximum absolute atomic E-state index is 9.02. The Balaban J connectivity index is 2.37. The quantitative estimate of drug-likeness (QED) is 0.689. The monoisotopic (exact) mass is 195 g/mol. The van der Waals surface area contributed by atoms with E-state index in [0.717, 1.165) is 30.3 Å². The molecule has 0 saturated heterocycles. The minimum Gasteiger partial charge on any atom is -0.357 e. The van der Waals surface area contributed by atoms with Gasteiger partial charge in [0.2, 0.25) is 0 Å². The number of benzene rings is 1. The van der Waals surface area contributed by atoms with E-state index in [1.165, 1.54) is 16.6 Å². The van der Waals surface area contributed by atoms with E-state index in [2.05, 4.69) is 23.5 Å². The predicted octanol–water partition coefficient (Wildman–Crippen LogP) is 2.73. The number of nitriles is 1. The average Bonchev–Trinajstić information content (AvgIpc) is 2.67. The summed E-state index contributed by atoms with van der Waals surface area (Å²) in [5.41, 5.74) is 4.46. The van der Waals surface area contributed by atoms with E-state index in [1.807, 2.05) is 12.1 Å². The Morgan fingerprint density at radius 2 is 2.27 bits per heavy atom. The SMILES string of the molecule is N#Cc1cccc2c3c([nH]c12)CC[CH]C3. The van der Waals surface area contributed by atoms with Gasteiger partial charge in [-0.1, -0.05) is 12.1 Å². The molecule has 1 N–H and O–H groups in total. The summed E-state index contributed by atoms with van der Waals surface area (Å²) in [6, 6.07) is 8.17. The van der Waals surface area contributed by atoms with Crippen LogP contribution >= 0.6 is 0 Å². The van der Waals surface area contributed by atoms with Gasteiger partial charge in [-0.25, -0.2) is 0 Å². The van der Waals surface area contributed by atoms with Crippen LogP contribution in [-0.4, -0.2) is 4.98 Å². The number of para-hydroxylation sites is 1. The van der Waals surface area contributed by atoms with Gasteiger partial charge in [-0.15, -0.1) is 0 Å². The van der Waals surface area contributed by atoms with E-state index in [9.17, 15) is 0 Å². The molecule has 0 saturated carbocycles. The van der Waals surface area contributed by atoms with Gasteiger partial charge in [0.15, 0.2) is 0 Å². The van der Waals surface area contributed by atoms with Crippen molar-refractivity contribution in [1.82, 2.24) is 4.98 Å². The third-order valence-electron chi connectivity index (χ3n) is 3.10. The van der Waals surface area contributed by atoms with Crippen LogP contribution in [0, 0.1) is 17.8 Å². The van der Waals surface area contributed by atoms with Crippen LogP contribution in [-0.2, 0) is 12.8 Å². The van der Waals surface area contributed by atoms with Crippen LogP contribution in [0.4, 0.5) is 0 Å². The first kappa shape index (κ1) is 8.55. The molecule has 0 unspecified atom stereocenters. The third kappa shape index (κ3) is 1.16. The van der Waals surface area contributed by atoms with Crippen molar-refractivity contribution in [2.45, 2.75) is 19.3 Å². The van der Waals surface area contributed by atoms with E-state index in [4.69, 9.17) is 5.26 Å². The normalized spacial score (nSPS) is 14.9. The van der Waals surface area contributed by atoms with Crippen molar-refractivity contribution in [1.29, 1.82) is 5.26 Å². The number of aromatic amines is 1. The molecule has 0 atom stereocenters. The summed E-state index contributed by atoms with van der Waals surface area (Å²) in [6.07, 6.45) is 5.56. The molecule has 0 fully saturated rings. The number of H-pyrrole nitrogens is 1. The van der Waals surface area contributed by atoms with Gasteiger partial charge in [-0.05, 0) is 37.3 Å². The summed E-state index contributed by atoms with van der Waals surface area (Å²) < 4.78 is 0. The zero-order valence-electron chi connectivity index (χ0n) is 8.38. The highest BCUT2D eigenvalue weighted by molar-refractivity contribution is 5.89. The van der Waals surface area contributed by atoms with E-state index in [1.54, 1.807) is 0 Å². The minimum atomic E-state index is 0.752. The lowest BCUT2D eigenvalue weighted by Gasteiger charge is -2.09. The highest BCUT2D eigenvalue weighted by Crippen LogP contribution is 2.29. The van der Waals surface area contributed by atoms with Crippen molar-refractivity contribution >= 4 is 10.9 Å². The second kappa shape index (κ2) is 3.13. The molecule has 73 valence electrons. The van der Waals surface area contributed by atoms with Crippen molar-refractivity contribution in [2.24, 2.45) is 0 Å². The first-order chi connectivity index (χ1) is 7.40. The molecule has 0 bridgehead atoms. The summed E-state index contributed by atoms with van der Waals surface area (Å²) >= 11 is 0. The van der Waals surface area contributed by atoms with Crippen LogP contribution in [0.2, 0.25) is 0 Å². The first-order valence-electron chi connectivity index (χ1n) is 5.24. The molecule has 2 heteroatoms. The molecule has 2 nitrogen and oxygen atoms in total. The third-order valence-corrected chi connectivity index (χ3v) is 3.10. The maximum Gasteiger partial charge on any atom is 0.101 e. The molecule has 1 aliphatic carbocycles. The second-order valence-electron chi connectivity index (χ2n) is 3.95. The lowest BCUT2D eigenvalue weighted by Crippen LogP contribution is -2.00. The number of hydrogen-bond acceptors (Lipinski definition) is 1.